The van der Waals surface area contributed by atoms with E-state index in [4.69, 9.17) is 5.26 Å². The van der Waals surface area contributed by atoms with E-state index in [1.165, 1.54) is 30.3 Å². The maximum absolute atomic E-state index is 13.7. The summed E-state index contributed by atoms with van der Waals surface area (Å²) in [6.45, 7) is 1.69. The molecular weight excluding hydrogens is 390 g/mol. The zero-order chi connectivity index (χ0) is 17.0. The fourth-order valence-corrected chi connectivity index (χ4v) is 4.49. The van der Waals surface area contributed by atoms with Gasteiger partial charge in [0.25, 0.3) is 0 Å². The lowest BCUT2D eigenvalue weighted by Crippen LogP contribution is -2.42. The number of halogens is 5. The van der Waals surface area contributed by atoms with Gasteiger partial charge in [0.2, 0.25) is 0 Å². The molecule has 2 atom stereocenters. The first-order chi connectivity index (χ1) is 9.90. The lowest BCUT2D eigenvalue weighted by Gasteiger charge is -2.23. The van der Waals surface area contributed by atoms with Crippen LogP contribution in [0, 0.1) is 24.2 Å². The highest BCUT2D eigenvalue weighted by atomic mass is 79.9. The van der Waals surface area contributed by atoms with E-state index >= 15 is 0 Å². The minimum Gasteiger partial charge on any atom is -0.222 e. The number of hydrogen-bond acceptors (Lipinski definition) is 3. The monoisotopic (exact) mass is 399 g/mol. The van der Waals surface area contributed by atoms with Crippen LogP contribution in [0.5, 0.6) is 0 Å². The molecule has 1 saturated carbocycles. The minimum atomic E-state index is -4.65. The molecule has 1 aliphatic carbocycles. The SMILES string of the molecule is Cc1ccc(S(=O)(=O)[C@@]2(C#N)CC2C(F)(F)C(F)(F)Br)cc1. The molecule has 1 aromatic carbocycles. The van der Waals surface area contributed by atoms with Crippen molar-refractivity contribution >= 4 is 25.8 Å². The largest absolute Gasteiger partial charge is 0.363 e. The summed E-state index contributed by atoms with van der Waals surface area (Å²) in [5.74, 6) is -6.92. The molecule has 0 spiro atoms. The molecule has 2 rings (SSSR count). The molecule has 9 heteroatoms. The van der Waals surface area contributed by atoms with Crippen LogP contribution in [0.15, 0.2) is 29.2 Å². The molecule has 0 heterocycles. The van der Waals surface area contributed by atoms with Gasteiger partial charge in [0.05, 0.1) is 16.9 Å². The number of nitriles is 1. The van der Waals surface area contributed by atoms with Crippen LogP contribution in [0.2, 0.25) is 0 Å². The first-order valence-corrected chi connectivity index (χ1v) is 8.35. The molecule has 0 aromatic heterocycles. The predicted molar refractivity (Wildman–Crippen MR) is 73.6 cm³/mol. The van der Waals surface area contributed by atoms with E-state index in [9.17, 15) is 26.0 Å². The van der Waals surface area contributed by atoms with Crippen LogP contribution in [0.1, 0.15) is 12.0 Å². The Kier molecular flexibility index (Phi) is 3.86. The van der Waals surface area contributed by atoms with Gasteiger partial charge in [-0.05, 0) is 41.4 Å². The van der Waals surface area contributed by atoms with E-state index in [0.717, 1.165) is 5.56 Å². The van der Waals surface area contributed by atoms with E-state index < -0.39 is 37.7 Å². The zero-order valence-corrected chi connectivity index (χ0v) is 13.6. The van der Waals surface area contributed by atoms with Gasteiger partial charge in [-0.25, -0.2) is 8.42 Å². The number of hydrogen-bond donors (Lipinski definition) is 0. The van der Waals surface area contributed by atoms with Crippen molar-refractivity contribution in [2.24, 2.45) is 5.92 Å². The zero-order valence-electron chi connectivity index (χ0n) is 11.2. The van der Waals surface area contributed by atoms with Crippen molar-refractivity contribution < 1.29 is 26.0 Å². The van der Waals surface area contributed by atoms with Gasteiger partial charge >= 0.3 is 10.8 Å². The summed E-state index contributed by atoms with van der Waals surface area (Å²) in [7, 11) is -4.48. The summed E-state index contributed by atoms with van der Waals surface area (Å²) in [6.07, 6.45) is -0.839. The molecule has 0 bridgehead atoms. The fourth-order valence-electron chi connectivity index (χ4n) is 2.27. The number of benzene rings is 1. The van der Waals surface area contributed by atoms with Crippen LogP contribution < -0.4 is 0 Å². The summed E-state index contributed by atoms with van der Waals surface area (Å²) >= 11 is 1.57. The lowest BCUT2D eigenvalue weighted by molar-refractivity contribution is -0.161. The second-order valence-electron chi connectivity index (χ2n) is 5.20. The second kappa shape index (κ2) is 4.93. The smallest absolute Gasteiger partial charge is 0.222 e. The van der Waals surface area contributed by atoms with Crippen molar-refractivity contribution in [3.05, 3.63) is 29.8 Å². The molecule has 0 amide bonds. The lowest BCUT2D eigenvalue weighted by atomic mass is 10.2. The Bertz CT molecular complexity index is 737. The van der Waals surface area contributed by atoms with Gasteiger partial charge in [-0.3, -0.25) is 0 Å². The standard InChI is InChI=1S/C13H10BrF4NO2S/c1-8-2-4-9(5-3-8)22(20,21)11(7-19)6-10(11)12(15,16)13(14,17)18/h2-5,10H,6H2,1H3/t10?,11-/m1/s1. The first kappa shape index (κ1) is 17.2. The van der Waals surface area contributed by atoms with Crippen molar-refractivity contribution in [2.75, 3.05) is 0 Å². The van der Waals surface area contributed by atoms with E-state index in [1.54, 1.807) is 22.9 Å². The summed E-state index contributed by atoms with van der Waals surface area (Å²) in [6, 6.07) is 6.53. The molecule has 0 N–H and O–H groups in total. The second-order valence-corrected chi connectivity index (χ2v) is 8.40. The predicted octanol–water partition coefficient (Wildman–Crippen LogP) is 3.67. The van der Waals surface area contributed by atoms with Crippen LogP contribution in [0.25, 0.3) is 0 Å². The molecule has 1 unspecified atom stereocenters. The Morgan fingerprint density at radius 1 is 1.27 bits per heavy atom. The first-order valence-electron chi connectivity index (χ1n) is 6.07. The van der Waals surface area contributed by atoms with Gasteiger partial charge in [0.1, 0.15) is 0 Å². The Morgan fingerprint density at radius 3 is 2.18 bits per heavy atom. The molecule has 0 saturated heterocycles. The van der Waals surface area contributed by atoms with Crippen LogP contribution in [-0.2, 0) is 9.84 Å². The maximum Gasteiger partial charge on any atom is 0.363 e. The Morgan fingerprint density at radius 2 is 1.77 bits per heavy atom. The van der Waals surface area contributed by atoms with Crippen LogP contribution >= 0.6 is 15.9 Å². The third-order valence-corrected chi connectivity index (χ3v) is 6.65. The number of sulfone groups is 1. The third kappa shape index (κ3) is 2.33. The van der Waals surface area contributed by atoms with Gasteiger partial charge in [-0.1, -0.05) is 17.7 Å². The molecule has 120 valence electrons. The molecular formula is C13H10BrF4NO2S. The number of alkyl halides is 5. The van der Waals surface area contributed by atoms with Crippen LogP contribution in [0.4, 0.5) is 17.6 Å². The number of rotatable bonds is 4. The van der Waals surface area contributed by atoms with Gasteiger partial charge < -0.3 is 0 Å². The molecule has 0 radical (unpaired) electrons. The van der Waals surface area contributed by atoms with E-state index in [0.29, 0.717) is 0 Å². The van der Waals surface area contributed by atoms with E-state index in [2.05, 4.69) is 0 Å². The van der Waals surface area contributed by atoms with E-state index in [-0.39, 0.29) is 4.90 Å². The van der Waals surface area contributed by atoms with Crippen LogP contribution in [0.3, 0.4) is 0 Å². The summed E-state index contributed by atoms with van der Waals surface area (Å²) in [5.41, 5.74) is 0.731. The Labute approximate surface area is 133 Å². The highest BCUT2D eigenvalue weighted by molar-refractivity contribution is 9.10. The average Bonchev–Trinajstić information content (AvgIpc) is 3.15. The van der Waals surface area contributed by atoms with Crippen molar-refractivity contribution in [3.63, 3.8) is 0 Å². The fraction of sp³-hybridized carbons (Fsp3) is 0.462. The minimum absolute atomic E-state index is 0.337. The van der Waals surface area contributed by atoms with Crippen molar-refractivity contribution in [1.82, 2.24) is 0 Å². The van der Waals surface area contributed by atoms with Gasteiger partial charge in [0.15, 0.2) is 14.6 Å². The Hall–Kier alpha value is -1.14. The highest BCUT2D eigenvalue weighted by Gasteiger charge is 2.79. The normalized spacial score (nSPS) is 25.6. The molecule has 0 aliphatic heterocycles. The van der Waals surface area contributed by atoms with Gasteiger partial charge in [-0.15, -0.1) is 0 Å². The summed E-state index contributed by atoms with van der Waals surface area (Å²) < 4.78 is 75.7. The maximum atomic E-state index is 13.7. The molecule has 1 aromatic rings. The third-order valence-electron chi connectivity index (χ3n) is 3.73. The van der Waals surface area contributed by atoms with Crippen LogP contribution in [-0.4, -0.2) is 23.9 Å². The number of aryl methyl sites for hydroxylation is 1. The summed E-state index contributed by atoms with van der Waals surface area (Å²) in [4.78, 5) is -4.93. The topological polar surface area (TPSA) is 57.9 Å². The van der Waals surface area contributed by atoms with E-state index in [1.807, 2.05) is 0 Å². The molecule has 1 fully saturated rings. The van der Waals surface area contributed by atoms with Crippen molar-refractivity contribution in [1.29, 1.82) is 5.26 Å². The van der Waals surface area contributed by atoms with Crippen molar-refractivity contribution in [2.45, 2.75) is 33.7 Å². The highest BCUT2D eigenvalue weighted by Crippen LogP contribution is 2.63. The molecule has 3 nitrogen and oxygen atoms in total. The van der Waals surface area contributed by atoms with Crippen molar-refractivity contribution in [3.8, 4) is 6.07 Å². The Balaban J connectivity index is 2.47. The number of nitrogens with zero attached hydrogens (tertiary/aromatic N) is 1. The molecule has 22 heavy (non-hydrogen) atoms. The summed E-state index contributed by atoms with van der Waals surface area (Å²) in [5, 5.41) is 9.08. The van der Waals surface area contributed by atoms with Gasteiger partial charge in [0, 0.05) is 0 Å². The average molecular weight is 400 g/mol. The molecule has 1 aliphatic rings. The van der Waals surface area contributed by atoms with Gasteiger partial charge in [-0.2, -0.15) is 22.8 Å². The quantitative estimate of drug-likeness (QED) is 0.573.